The van der Waals surface area contributed by atoms with Crippen LogP contribution in [0.15, 0.2) is 30.1 Å². The molecule has 0 unspecified atom stereocenters. The zero-order chi connectivity index (χ0) is 19.0. The van der Waals surface area contributed by atoms with E-state index in [9.17, 15) is 22.4 Å². The molecule has 1 aromatic carbocycles. The number of amides is 1. The Morgan fingerprint density at radius 1 is 1.40 bits per heavy atom. The van der Waals surface area contributed by atoms with Gasteiger partial charge in [0.05, 0.1) is 6.33 Å². The number of carbonyl (C=O) groups excluding carboxylic acids is 1. The molecule has 0 spiro atoms. The topological polar surface area (TPSA) is 102 Å². The summed E-state index contributed by atoms with van der Waals surface area (Å²) in [6.07, 6.45) is -3.84. The Labute approximate surface area is 140 Å². The first-order valence-electron chi connectivity index (χ1n) is 7.01. The van der Waals surface area contributed by atoms with Crippen molar-refractivity contribution in [1.29, 1.82) is 0 Å². The Morgan fingerprint density at radius 2 is 2.04 bits per heavy atom. The number of hydrogen-bond donors (Lipinski definition) is 3. The number of fused-ring (bicyclic) bond motifs is 1. The van der Waals surface area contributed by atoms with Crippen LogP contribution in [0.5, 0.6) is 5.75 Å². The first-order chi connectivity index (χ1) is 11.7. The second-order valence-electron chi connectivity index (χ2n) is 4.89. The minimum atomic E-state index is -5.08. The molecule has 0 aliphatic carbocycles. The van der Waals surface area contributed by atoms with Gasteiger partial charge >= 0.3 is 12.1 Å². The van der Waals surface area contributed by atoms with E-state index in [2.05, 4.69) is 5.32 Å². The maximum Gasteiger partial charge on any atom is 0.490 e. The normalized spacial score (nSPS) is 14.0. The number of rotatable bonds is 4. The van der Waals surface area contributed by atoms with E-state index in [1.165, 1.54) is 0 Å². The number of aliphatic carboxylic acids is 1. The van der Waals surface area contributed by atoms with Crippen LogP contribution in [0.2, 0.25) is 0 Å². The summed E-state index contributed by atoms with van der Waals surface area (Å²) in [5.74, 6) is -2.20. The van der Waals surface area contributed by atoms with Gasteiger partial charge in [-0.2, -0.15) is 13.2 Å². The largest absolute Gasteiger partial charge is 0.490 e. The van der Waals surface area contributed by atoms with Crippen molar-refractivity contribution in [3.05, 3.63) is 41.2 Å². The maximum atomic E-state index is 12.3. The Hall–Kier alpha value is -2.62. The number of ether oxygens (including phenoxy) is 1. The van der Waals surface area contributed by atoms with Gasteiger partial charge in [-0.05, 0) is 30.2 Å². The highest BCUT2D eigenvalue weighted by atomic mass is 19.4. The fourth-order valence-corrected chi connectivity index (χ4v) is 1.81. The van der Waals surface area contributed by atoms with Gasteiger partial charge in [0, 0.05) is 24.2 Å². The van der Waals surface area contributed by atoms with Crippen LogP contribution < -0.4 is 15.8 Å². The molecule has 1 heterocycles. The number of halogens is 4. The number of hydrogen-bond acceptors (Lipinski definition) is 4. The predicted octanol–water partition coefficient (Wildman–Crippen LogP) is 1.80. The van der Waals surface area contributed by atoms with Crippen LogP contribution in [0.25, 0.3) is 0 Å². The van der Waals surface area contributed by atoms with Gasteiger partial charge in [0.15, 0.2) is 0 Å². The highest BCUT2D eigenvalue weighted by Gasteiger charge is 2.38. The van der Waals surface area contributed by atoms with E-state index in [1.807, 2.05) is 6.07 Å². The van der Waals surface area contributed by atoms with Crippen LogP contribution in [-0.2, 0) is 11.2 Å². The first kappa shape index (κ1) is 20.4. The molecule has 0 saturated heterocycles. The monoisotopic (exact) mass is 364 g/mol. The molecule has 1 aliphatic heterocycles. The van der Waals surface area contributed by atoms with E-state index in [4.69, 9.17) is 20.4 Å². The molecule has 0 saturated carbocycles. The van der Waals surface area contributed by atoms with E-state index in [-0.39, 0.29) is 19.1 Å². The molecular weight excluding hydrogens is 348 g/mol. The molecule has 0 bridgehead atoms. The summed E-state index contributed by atoms with van der Waals surface area (Å²) in [5, 5.41) is 9.90. The number of carboxylic acid groups (broad SMARTS) is 1. The van der Waals surface area contributed by atoms with Crippen LogP contribution in [0, 0.1) is 0 Å². The number of benzene rings is 1. The molecule has 0 aromatic heterocycles. The van der Waals surface area contributed by atoms with Gasteiger partial charge in [0.2, 0.25) is 0 Å². The average molecular weight is 364 g/mol. The number of carbonyl (C=O) groups is 2. The highest BCUT2D eigenvalue weighted by molar-refractivity contribution is 5.96. The minimum absolute atomic E-state index is 0.0610. The molecule has 0 atom stereocenters. The van der Waals surface area contributed by atoms with Crippen LogP contribution in [0.4, 0.5) is 17.6 Å². The molecule has 1 aromatic rings. The molecule has 0 fully saturated rings. The number of nitrogens with two attached hydrogens (primary N) is 1. The second kappa shape index (κ2) is 9.02. The van der Waals surface area contributed by atoms with Crippen molar-refractivity contribution in [3.8, 4) is 5.75 Å². The van der Waals surface area contributed by atoms with Gasteiger partial charge in [-0.1, -0.05) is 0 Å². The van der Waals surface area contributed by atoms with E-state index in [1.54, 1.807) is 12.1 Å². The molecule has 10 heteroatoms. The Balaban J connectivity index is 0.000000381. The molecule has 4 N–H and O–H groups in total. The Kier molecular flexibility index (Phi) is 7.37. The molecule has 1 aliphatic rings. The summed E-state index contributed by atoms with van der Waals surface area (Å²) in [6.45, 7) is 0.884. The first-order valence-corrected chi connectivity index (χ1v) is 7.01. The summed E-state index contributed by atoms with van der Waals surface area (Å²) in [7, 11) is 0. The summed E-state index contributed by atoms with van der Waals surface area (Å²) in [5.41, 5.74) is 7.36. The molecule has 138 valence electrons. The summed E-state index contributed by atoms with van der Waals surface area (Å²) >= 11 is 0. The van der Waals surface area contributed by atoms with Gasteiger partial charge in [0.1, 0.15) is 12.4 Å². The second-order valence-corrected chi connectivity index (χ2v) is 4.89. The fourth-order valence-electron chi connectivity index (χ4n) is 1.81. The molecule has 6 nitrogen and oxygen atoms in total. The molecule has 1 amide bonds. The summed E-state index contributed by atoms with van der Waals surface area (Å²) < 4.78 is 49.5. The third kappa shape index (κ3) is 6.42. The van der Waals surface area contributed by atoms with E-state index in [0.717, 1.165) is 12.0 Å². The lowest BCUT2D eigenvalue weighted by atomic mass is 10.0. The molecular formula is C15H16F4N2O4. The standard InChI is InChI=1S/C13H15FN2O2.C2HF3O2/c14-6-9(7-15)8-18-11-1-2-12-10(5-11)3-4-16-13(12)17;3-2(4,5)1(6)7/h1-2,5-6H,3-4,7-8,15H2,(H,16,17);(H,6,7)/b9-6-;. The van der Waals surface area contributed by atoms with Crippen LogP contribution in [0.1, 0.15) is 15.9 Å². The zero-order valence-electron chi connectivity index (χ0n) is 12.9. The Morgan fingerprint density at radius 3 is 2.56 bits per heavy atom. The maximum absolute atomic E-state index is 12.3. The van der Waals surface area contributed by atoms with E-state index >= 15 is 0 Å². The number of alkyl halides is 3. The van der Waals surface area contributed by atoms with Gasteiger partial charge in [-0.25, -0.2) is 9.18 Å². The third-order valence-corrected chi connectivity index (χ3v) is 3.08. The van der Waals surface area contributed by atoms with Crippen LogP contribution in [0.3, 0.4) is 0 Å². The average Bonchev–Trinajstić information content (AvgIpc) is 2.55. The van der Waals surface area contributed by atoms with Crippen molar-refractivity contribution in [2.24, 2.45) is 5.73 Å². The van der Waals surface area contributed by atoms with Crippen molar-refractivity contribution in [1.82, 2.24) is 5.32 Å². The summed E-state index contributed by atoms with van der Waals surface area (Å²) in [4.78, 5) is 20.4. The van der Waals surface area contributed by atoms with Crippen molar-refractivity contribution in [2.45, 2.75) is 12.6 Å². The van der Waals surface area contributed by atoms with Crippen molar-refractivity contribution >= 4 is 11.9 Å². The fraction of sp³-hybridized carbons (Fsp3) is 0.333. The van der Waals surface area contributed by atoms with Crippen LogP contribution in [-0.4, -0.2) is 42.9 Å². The van der Waals surface area contributed by atoms with Gasteiger partial charge in [0.25, 0.3) is 5.91 Å². The summed E-state index contributed by atoms with van der Waals surface area (Å²) in [6, 6.07) is 5.25. The molecule has 2 rings (SSSR count). The van der Waals surface area contributed by atoms with Crippen molar-refractivity contribution < 1.29 is 37.0 Å². The third-order valence-electron chi connectivity index (χ3n) is 3.08. The number of carboxylic acids is 1. The zero-order valence-corrected chi connectivity index (χ0v) is 12.9. The molecule has 0 radical (unpaired) electrons. The Bertz CT molecular complexity index is 659. The predicted molar refractivity (Wildman–Crippen MR) is 79.9 cm³/mol. The SMILES string of the molecule is NC/C(=C/F)COc1ccc2c(c1)CCNC2=O.O=C(O)C(F)(F)F. The van der Waals surface area contributed by atoms with Crippen molar-refractivity contribution in [3.63, 3.8) is 0 Å². The quantitative estimate of drug-likeness (QED) is 0.707. The highest BCUT2D eigenvalue weighted by Crippen LogP contribution is 2.21. The van der Waals surface area contributed by atoms with E-state index < -0.39 is 12.1 Å². The lowest BCUT2D eigenvalue weighted by Gasteiger charge is -2.17. The molecule has 25 heavy (non-hydrogen) atoms. The lowest BCUT2D eigenvalue weighted by Crippen LogP contribution is -2.31. The van der Waals surface area contributed by atoms with Gasteiger partial charge in [-0.15, -0.1) is 0 Å². The number of nitrogens with one attached hydrogen (secondary N) is 1. The van der Waals surface area contributed by atoms with Gasteiger partial charge < -0.3 is 20.9 Å². The van der Waals surface area contributed by atoms with Crippen LogP contribution >= 0.6 is 0 Å². The van der Waals surface area contributed by atoms with Gasteiger partial charge in [-0.3, -0.25) is 4.79 Å². The smallest absolute Gasteiger partial charge is 0.489 e. The minimum Gasteiger partial charge on any atom is -0.489 e. The van der Waals surface area contributed by atoms with E-state index in [0.29, 0.717) is 29.8 Å². The van der Waals surface area contributed by atoms with Crippen molar-refractivity contribution in [2.75, 3.05) is 19.7 Å². The lowest BCUT2D eigenvalue weighted by molar-refractivity contribution is -0.192.